The maximum Gasteiger partial charge on any atom is 0.124 e. The number of aliphatic hydroxyl groups is 1. The third-order valence-corrected chi connectivity index (χ3v) is 5.66. The van der Waals surface area contributed by atoms with E-state index in [0.29, 0.717) is 6.61 Å². The minimum Gasteiger partial charge on any atom is -0.510 e. The van der Waals surface area contributed by atoms with Crippen molar-refractivity contribution < 1.29 is 9.84 Å². The minimum absolute atomic E-state index is 0.0149. The van der Waals surface area contributed by atoms with E-state index in [4.69, 9.17) is 9.73 Å². The van der Waals surface area contributed by atoms with E-state index in [2.05, 4.69) is 64.3 Å². The summed E-state index contributed by atoms with van der Waals surface area (Å²) < 4.78 is 5.55. The van der Waals surface area contributed by atoms with E-state index in [0.717, 1.165) is 16.8 Å². The number of methoxy groups -OCH3 is 1. The van der Waals surface area contributed by atoms with Gasteiger partial charge in [0.25, 0.3) is 0 Å². The van der Waals surface area contributed by atoms with Gasteiger partial charge in [0.05, 0.1) is 12.3 Å². The zero-order valence-electron chi connectivity index (χ0n) is 17.0. The molecule has 0 amide bonds. The molecule has 0 spiro atoms. The Morgan fingerprint density at radius 1 is 1.30 bits per heavy atom. The molecule has 1 heterocycles. The summed E-state index contributed by atoms with van der Waals surface area (Å²) in [6.45, 7) is 16.8. The molecule has 1 aliphatic rings. The van der Waals surface area contributed by atoms with E-state index in [9.17, 15) is 5.11 Å². The zero-order chi connectivity index (χ0) is 20.0. The Morgan fingerprint density at radius 3 is 2.44 bits per heavy atom. The van der Waals surface area contributed by atoms with Gasteiger partial charge in [-0.2, -0.15) is 0 Å². The van der Waals surface area contributed by atoms with E-state index in [1.807, 2.05) is 6.92 Å². The van der Waals surface area contributed by atoms with Gasteiger partial charge in [-0.15, -0.1) is 0 Å². The number of fused-ring (bicyclic) bond motifs is 3. The smallest absolute Gasteiger partial charge is 0.124 e. The van der Waals surface area contributed by atoms with Crippen LogP contribution in [0.2, 0.25) is 0 Å². The maximum atomic E-state index is 10.4. The van der Waals surface area contributed by atoms with Crippen LogP contribution in [-0.4, -0.2) is 30.1 Å². The fraction of sp³-hybridized carbons (Fsp3) is 0.375. The van der Waals surface area contributed by atoms with Gasteiger partial charge >= 0.3 is 0 Å². The second-order valence-electron chi connectivity index (χ2n) is 8.48. The second kappa shape index (κ2) is 6.65. The summed E-state index contributed by atoms with van der Waals surface area (Å²) in [4.78, 5) is 4.87. The lowest BCUT2D eigenvalue weighted by atomic mass is 9.71. The van der Waals surface area contributed by atoms with Gasteiger partial charge in [-0.1, -0.05) is 58.2 Å². The molecule has 3 nitrogen and oxygen atoms in total. The van der Waals surface area contributed by atoms with Crippen molar-refractivity contribution in [3.05, 3.63) is 72.0 Å². The highest BCUT2D eigenvalue weighted by atomic mass is 16.5. The highest BCUT2D eigenvalue weighted by Gasteiger charge is 2.44. The molecular weight excluding hydrogens is 334 g/mol. The molecule has 3 rings (SSSR count). The first-order valence-electron chi connectivity index (χ1n) is 9.31. The van der Waals surface area contributed by atoms with Gasteiger partial charge in [0.1, 0.15) is 11.3 Å². The Balaban J connectivity index is 2.49. The number of aliphatic hydroxyl groups excluding tert-OH is 1. The van der Waals surface area contributed by atoms with Crippen molar-refractivity contribution in [2.24, 2.45) is 4.99 Å². The SMILES string of the molecule is C=CC1=NC(C)(C(=C)O)C(COC)c2c1cc(C(C)(C)C)c1ccccc21. The van der Waals surface area contributed by atoms with E-state index < -0.39 is 5.54 Å². The predicted molar refractivity (Wildman–Crippen MR) is 114 cm³/mol. The summed E-state index contributed by atoms with van der Waals surface area (Å²) in [5.41, 5.74) is 3.38. The molecule has 2 atom stereocenters. The Kier molecular flexibility index (Phi) is 4.77. The molecule has 0 radical (unpaired) electrons. The van der Waals surface area contributed by atoms with Crippen molar-refractivity contribution in [1.29, 1.82) is 0 Å². The van der Waals surface area contributed by atoms with Crippen LogP contribution in [0.5, 0.6) is 0 Å². The third-order valence-electron chi connectivity index (χ3n) is 5.66. The lowest BCUT2D eigenvalue weighted by molar-refractivity contribution is 0.142. The number of nitrogens with zero attached hydrogens (tertiary/aromatic N) is 1. The molecule has 0 saturated carbocycles. The minimum atomic E-state index is -0.863. The molecule has 1 aliphatic heterocycles. The number of hydrogen-bond donors (Lipinski definition) is 1. The highest BCUT2D eigenvalue weighted by Crippen LogP contribution is 2.46. The van der Waals surface area contributed by atoms with E-state index >= 15 is 0 Å². The molecule has 0 aromatic heterocycles. The summed E-state index contributed by atoms with van der Waals surface area (Å²) >= 11 is 0. The van der Waals surface area contributed by atoms with Crippen LogP contribution < -0.4 is 0 Å². The molecule has 1 N–H and O–H groups in total. The van der Waals surface area contributed by atoms with Crippen molar-refractivity contribution in [3.63, 3.8) is 0 Å². The highest BCUT2D eigenvalue weighted by molar-refractivity contribution is 6.14. The molecule has 2 aromatic carbocycles. The lowest BCUT2D eigenvalue weighted by Gasteiger charge is -2.40. The standard InChI is InChI=1S/C24H29NO2/c1-8-21-18-13-19(23(3,4)5)16-11-9-10-12-17(16)22(18)20(14-27-7)24(6,25-21)15(2)26/h8-13,20,26H,1-2,14H2,3-7H3. The summed E-state index contributed by atoms with van der Waals surface area (Å²) in [7, 11) is 1.68. The molecule has 0 fully saturated rings. The lowest BCUT2D eigenvalue weighted by Crippen LogP contribution is -2.40. The Labute approximate surface area is 162 Å². The van der Waals surface area contributed by atoms with Crippen LogP contribution in [0.4, 0.5) is 0 Å². The van der Waals surface area contributed by atoms with Gasteiger partial charge in [-0.25, -0.2) is 0 Å². The van der Waals surface area contributed by atoms with Gasteiger partial charge in [0.15, 0.2) is 0 Å². The first-order chi connectivity index (χ1) is 12.6. The van der Waals surface area contributed by atoms with Crippen LogP contribution in [0, 0.1) is 0 Å². The van der Waals surface area contributed by atoms with Gasteiger partial charge in [-0.3, -0.25) is 4.99 Å². The van der Waals surface area contributed by atoms with Crippen molar-refractivity contribution in [1.82, 2.24) is 0 Å². The maximum absolute atomic E-state index is 10.4. The van der Waals surface area contributed by atoms with Crippen molar-refractivity contribution in [2.45, 2.75) is 44.6 Å². The predicted octanol–water partition coefficient (Wildman–Crippen LogP) is 5.69. The summed E-state index contributed by atoms with van der Waals surface area (Å²) in [6.07, 6.45) is 1.77. The molecular formula is C24H29NO2. The molecule has 0 saturated heterocycles. The monoisotopic (exact) mass is 363 g/mol. The first kappa shape index (κ1) is 19.4. The summed E-state index contributed by atoms with van der Waals surface area (Å²) in [5, 5.41) is 12.8. The first-order valence-corrected chi connectivity index (χ1v) is 9.31. The normalized spacial score (nSPS) is 22.3. The summed E-state index contributed by atoms with van der Waals surface area (Å²) in [5.74, 6) is -0.101. The number of hydrogen-bond acceptors (Lipinski definition) is 3. The molecule has 142 valence electrons. The molecule has 3 heteroatoms. The van der Waals surface area contributed by atoms with Crippen LogP contribution in [0.15, 0.2) is 60.3 Å². The van der Waals surface area contributed by atoms with E-state index in [1.165, 1.54) is 16.3 Å². The Hall–Kier alpha value is -2.39. The van der Waals surface area contributed by atoms with Gasteiger partial charge in [-0.05, 0) is 46.4 Å². The van der Waals surface area contributed by atoms with Crippen molar-refractivity contribution in [3.8, 4) is 0 Å². The largest absolute Gasteiger partial charge is 0.510 e. The molecule has 2 unspecified atom stereocenters. The number of allylic oxidation sites excluding steroid dienone is 1. The van der Waals surface area contributed by atoms with Crippen LogP contribution in [0.1, 0.15) is 50.3 Å². The number of aliphatic imine (C=N–C) groups is 1. The fourth-order valence-corrected chi connectivity index (χ4v) is 4.11. The van der Waals surface area contributed by atoms with Gasteiger partial charge in [0.2, 0.25) is 0 Å². The Bertz CT molecular complexity index is 949. The quantitative estimate of drug-likeness (QED) is 0.709. The number of benzene rings is 2. The number of ether oxygens (including phenoxy) is 1. The number of rotatable bonds is 4. The van der Waals surface area contributed by atoms with Crippen molar-refractivity contribution in [2.75, 3.05) is 13.7 Å². The molecule has 27 heavy (non-hydrogen) atoms. The summed E-state index contributed by atoms with van der Waals surface area (Å²) in [6, 6.07) is 10.7. The molecule has 0 aliphatic carbocycles. The molecule has 2 aromatic rings. The zero-order valence-corrected chi connectivity index (χ0v) is 17.0. The average molecular weight is 364 g/mol. The van der Waals surface area contributed by atoms with Gasteiger partial charge in [0, 0.05) is 18.6 Å². The van der Waals surface area contributed by atoms with Crippen molar-refractivity contribution >= 4 is 16.5 Å². The molecule has 0 bridgehead atoms. The fourth-order valence-electron chi connectivity index (χ4n) is 4.11. The van der Waals surface area contributed by atoms with Crippen LogP contribution >= 0.6 is 0 Å². The van der Waals surface area contributed by atoms with Crippen LogP contribution in [0.25, 0.3) is 10.8 Å². The van der Waals surface area contributed by atoms with E-state index in [-0.39, 0.29) is 17.1 Å². The average Bonchev–Trinajstić information content (AvgIpc) is 2.61. The van der Waals surface area contributed by atoms with Crippen LogP contribution in [0.3, 0.4) is 0 Å². The van der Waals surface area contributed by atoms with E-state index in [1.54, 1.807) is 13.2 Å². The Morgan fingerprint density at radius 2 is 1.93 bits per heavy atom. The second-order valence-corrected chi connectivity index (χ2v) is 8.48. The topological polar surface area (TPSA) is 41.8 Å². The van der Waals surface area contributed by atoms with Gasteiger partial charge < -0.3 is 9.84 Å². The third kappa shape index (κ3) is 3.00. The van der Waals surface area contributed by atoms with Crippen LogP contribution in [-0.2, 0) is 10.2 Å².